The molecular formula is C17H19N3O. The SMILES string of the molecule is CNc1cc(C(=O)N2CC3CCC2C3)nc2ccccc12. The highest BCUT2D eigenvalue weighted by Gasteiger charge is 2.40. The van der Waals surface area contributed by atoms with Gasteiger partial charge in [-0.2, -0.15) is 0 Å². The number of para-hydroxylation sites is 1. The Kier molecular flexibility index (Phi) is 2.84. The van der Waals surface area contributed by atoms with E-state index in [0.29, 0.717) is 17.7 Å². The lowest BCUT2D eigenvalue weighted by atomic mass is 10.1. The number of pyridine rings is 1. The summed E-state index contributed by atoms with van der Waals surface area (Å²) in [5, 5.41) is 4.23. The molecule has 2 fully saturated rings. The standard InChI is InChI=1S/C17H19N3O/c1-18-15-9-16(19-14-5-3-2-4-13(14)15)17(21)20-10-11-6-7-12(20)8-11/h2-5,9,11-12H,6-8,10H2,1H3,(H,18,19). The van der Waals surface area contributed by atoms with Gasteiger partial charge >= 0.3 is 0 Å². The minimum Gasteiger partial charge on any atom is -0.388 e. The summed E-state index contributed by atoms with van der Waals surface area (Å²) in [7, 11) is 1.88. The van der Waals surface area contributed by atoms with Crippen molar-refractivity contribution in [3.63, 3.8) is 0 Å². The summed E-state index contributed by atoms with van der Waals surface area (Å²) in [4.78, 5) is 19.4. The molecule has 1 aliphatic heterocycles. The highest BCUT2D eigenvalue weighted by Crippen LogP contribution is 2.38. The molecule has 2 heterocycles. The van der Waals surface area contributed by atoms with Gasteiger partial charge in [-0.25, -0.2) is 4.98 Å². The van der Waals surface area contributed by atoms with Gasteiger partial charge in [0.15, 0.2) is 0 Å². The largest absolute Gasteiger partial charge is 0.388 e. The average Bonchev–Trinajstić information content (AvgIpc) is 3.16. The molecule has 2 aromatic rings. The first kappa shape index (κ1) is 12.6. The van der Waals surface area contributed by atoms with Crippen LogP contribution in [-0.4, -0.2) is 35.4 Å². The Balaban J connectivity index is 1.74. The van der Waals surface area contributed by atoms with Crippen LogP contribution in [0.2, 0.25) is 0 Å². The summed E-state index contributed by atoms with van der Waals surface area (Å²) >= 11 is 0. The molecule has 21 heavy (non-hydrogen) atoms. The third-order valence-electron chi connectivity index (χ3n) is 4.87. The van der Waals surface area contributed by atoms with Gasteiger partial charge in [-0.05, 0) is 37.3 Å². The van der Waals surface area contributed by atoms with Crippen LogP contribution < -0.4 is 5.32 Å². The van der Waals surface area contributed by atoms with Crippen LogP contribution in [0.5, 0.6) is 0 Å². The van der Waals surface area contributed by atoms with Gasteiger partial charge in [-0.1, -0.05) is 18.2 Å². The number of aromatic nitrogens is 1. The van der Waals surface area contributed by atoms with Gasteiger partial charge in [0.25, 0.3) is 5.91 Å². The first-order valence-electron chi connectivity index (χ1n) is 7.65. The van der Waals surface area contributed by atoms with Crippen LogP contribution in [0.25, 0.3) is 10.9 Å². The molecule has 1 aromatic carbocycles. The number of rotatable bonds is 2. The zero-order valence-corrected chi connectivity index (χ0v) is 12.2. The normalized spacial score (nSPS) is 23.8. The zero-order valence-electron chi connectivity index (χ0n) is 12.2. The number of likely N-dealkylation sites (tertiary alicyclic amines) is 1. The van der Waals surface area contributed by atoms with Gasteiger partial charge in [0, 0.05) is 30.7 Å². The molecule has 4 heteroatoms. The van der Waals surface area contributed by atoms with Crippen molar-refractivity contribution in [3.05, 3.63) is 36.0 Å². The van der Waals surface area contributed by atoms with Gasteiger partial charge in [-0.15, -0.1) is 0 Å². The molecule has 2 unspecified atom stereocenters. The molecule has 1 aromatic heterocycles. The van der Waals surface area contributed by atoms with E-state index in [1.807, 2.05) is 42.3 Å². The van der Waals surface area contributed by atoms with E-state index in [1.165, 1.54) is 12.8 Å². The van der Waals surface area contributed by atoms with Crippen LogP contribution in [0.3, 0.4) is 0 Å². The quantitative estimate of drug-likeness (QED) is 0.920. The fourth-order valence-electron chi connectivity index (χ4n) is 3.81. The van der Waals surface area contributed by atoms with Gasteiger partial charge in [0.05, 0.1) is 5.52 Å². The highest BCUT2D eigenvalue weighted by atomic mass is 16.2. The molecule has 4 rings (SSSR count). The van der Waals surface area contributed by atoms with E-state index < -0.39 is 0 Å². The van der Waals surface area contributed by atoms with Crippen molar-refractivity contribution >= 4 is 22.5 Å². The molecule has 1 N–H and O–H groups in total. The second kappa shape index (κ2) is 4.72. The van der Waals surface area contributed by atoms with E-state index in [4.69, 9.17) is 0 Å². The molecule has 1 saturated carbocycles. The van der Waals surface area contributed by atoms with E-state index in [2.05, 4.69) is 10.3 Å². The Labute approximate surface area is 124 Å². The lowest BCUT2D eigenvalue weighted by molar-refractivity contribution is 0.0698. The molecule has 0 spiro atoms. The molecule has 2 bridgehead atoms. The smallest absolute Gasteiger partial charge is 0.272 e. The van der Waals surface area contributed by atoms with Crippen molar-refractivity contribution in [1.29, 1.82) is 0 Å². The molecule has 1 aliphatic carbocycles. The Morgan fingerprint density at radius 1 is 1.33 bits per heavy atom. The number of carbonyl (C=O) groups excluding carboxylic acids is 1. The topological polar surface area (TPSA) is 45.2 Å². The third kappa shape index (κ3) is 1.97. The van der Waals surface area contributed by atoms with E-state index in [-0.39, 0.29) is 5.91 Å². The maximum atomic E-state index is 12.8. The summed E-state index contributed by atoms with van der Waals surface area (Å²) in [6.07, 6.45) is 3.61. The Morgan fingerprint density at radius 3 is 2.90 bits per heavy atom. The van der Waals surface area contributed by atoms with Crippen LogP contribution in [0, 0.1) is 5.92 Å². The lowest BCUT2D eigenvalue weighted by Crippen LogP contribution is -2.38. The number of anilines is 1. The fourth-order valence-corrected chi connectivity index (χ4v) is 3.81. The Morgan fingerprint density at radius 2 is 2.19 bits per heavy atom. The number of hydrogen-bond acceptors (Lipinski definition) is 3. The summed E-state index contributed by atoms with van der Waals surface area (Å²) in [6, 6.07) is 10.3. The summed E-state index contributed by atoms with van der Waals surface area (Å²) in [5.41, 5.74) is 2.40. The van der Waals surface area contributed by atoms with Crippen LogP contribution in [-0.2, 0) is 0 Å². The summed E-state index contributed by atoms with van der Waals surface area (Å²) < 4.78 is 0. The number of benzene rings is 1. The van der Waals surface area contributed by atoms with E-state index in [1.54, 1.807) is 0 Å². The van der Waals surface area contributed by atoms with E-state index in [0.717, 1.165) is 29.6 Å². The maximum Gasteiger partial charge on any atom is 0.272 e. The number of hydrogen-bond donors (Lipinski definition) is 1. The van der Waals surface area contributed by atoms with Crippen LogP contribution in [0.1, 0.15) is 29.8 Å². The van der Waals surface area contributed by atoms with Gasteiger partial charge < -0.3 is 10.2 Å². The molecule has 1 saturated heterocycles. The van der Waals surface area contributed by atoms with E-state index >= 15 is 0 Å². The van der Waals surface area contributed by atoms with Crippen molar-refractivity contribution in [2.75, 3.05) is 18.9 Å². The number of fused-ring (bicyclic) bond motifs is 3. The number of nitrogens with one attached hydrogen (secondary N) is 1. The first-order valence-corrected chi connectivity index (χ1v) is 7.65. The molecule has 0 radical (unpaired) electrons. The third-order valence-corrected chi connectivity index (χ3v) is 4.87. The second-order valence-corrected chi connectivity index (χ2v) is 6.11. The first-order chi connectivity index (χ1) is 10.3. The molecule has 1 amide bonds. The van der Waals surface area contributed by atoms with Gasteiger partial charge in [0.1, 0.15) is 5.69 Å². The van der Waals surface area contributed by atoms with Crippen molar-refractivity contribution < 1.29 is 4.79 Å². The predicted molar refractivity (Wildman–Crippen MR) is 83.5 cm³/mol. The Hall–Kier alpha value is -2.10. The van der Waals surface area contributed by atoms with E-state index in [9.17, 15) is 4.79 Å². The molecule has 2 atom stereocenters. The Bertz CT molecular complexity index is 712. The summed E-state index contributed by atoms with van der Waals surface area (Å²) in [6.45, 7) is 0.910. The minimum absolute atomic E-state index is 0.0875. The molecule has 2 aliphatic rings. The van der Waals surface area contributed by atoms with Crippen molar-refractivity contribution in [2.45, 2.75) is 25.3 Å². The number of piperidine rings is 1. The molecule has 108 valence electrons. The summed E-state index contributed by atoms with van der Waals surface area (Å²) in [5.74, 6) is 0.799. The van der Waals surface area contributed by atoms with Gasteiger partial charge in [-0.3, -0.25) is 4.79 Å². The number of nitrogens with zero attached hydrogens (tertiary/aromatic N) is 2. The monoisotopic (exact) mass is 281 g/mol. The number of carbonyl (C=O) groups is 1. The van der Waals surface area contributed by atoms with Gasteiger partial charge in [0.2, 0.25) is 0 Å². The molecular weight excluding hydrogens is 262 g/mol. The van der Waals surface area contributed by atoms with Crippen LogP contribution in [0.4, 0.5) is 5.69 Å². The van der Waals surface area contributed by atoms with Crippen LogP contribution in [0.15, 0.2) is 30.3 Å². The van der Waals surface area contributed by atoms with Crippen molar-refractivity contribution in [1.82, 2.24) is 9.88 Å². The van der Waals surface area contributed by atoms with Crippen molar-refractivity contribution in [3.8, 4) is 0 Å². The second-order valence-electron chi connectivity index (χ2n) is 6.11. The fraction of sp³-hybridized carbons (Fsp3) is 0.412. The number of amides is 1. The zero-order chi connectivity index (χ0) is 14.4. The molecule has 4 nitrogen and oxygen atoms in total. The highest BCUT2D eigenvalue weighted by molar-refractivity contribution is 6.00. The minimum atomic E-state index is 0.0875. The predicted octanol–water partition coefficient (Wildman–Crippen LogP) is 2.90. The van der Waals surface area contributed by atoms with Crippen molar-refractivity contribution in [2.24, 2.45) is 5.92 Å². The van der Waals surface area contributed by atoms with Crippen LogP contribution >= 0.6 is 0 Å². The average molecular weight is 281 g/mol. The maximum absolute atomic E-state index is 12.8. The lowest BCUT2D eigenvalue weighted by Gasteiger charge is -2.26.